The molecular weight excluding hydrogens is 292 g/mol. The zero-order valence-corrected chi connectivity index (χ0v) is 10.6. The molecule has 0 bridgehead atoms. The molecule has 5 heteroatoms. The topological polar surface area (TPSA) is 39.2 Å². The van der Waals surface area contributed by atoms with Crippen LogP contribution in [0.4, 0.5) is 8.78 Å². The quantitative estimate of drug-likeness (QED) is 0.860. The molecule has 0 amide bonds. The highest BCUT2D eigenvalue weighted by atomic mass is 79.9. The Morgan fingerprint density at radius 3 is 2.53 bits per heavy atom. The van der Waals surface area contributed by atoms with E-state index in [1.807, 2.05) is 0 Å². The largest absolute Gasteiger partial charge is 0.464 e. The van der Waals surface area contributed by atoms with E-state index in [0.717, 1.165) is 12.1 Å². The number of furan rings is 1. The monoisotopic (exact) mass is 301 g/mol. The maximum absolute atomic E-state index is 13.7. The summed E-state index contributed by atoms with van der Waals surface area (Å²) in [6, 6.07) is 4.69. The van der Waals surface area contributed by atoms with E-state index in [-0.39, 0.29) is 10.0 Å². The summed E-state index contributed by atoms with van der Waals surface area (Å²) in [5, 5.41) is 0. The fraction of sp³-hybridized carbons (Fsp3) is 0.167. The van der Waals surface area contributed by atoms with Crippen LogP contribution in [-0.4, -0.2) is 0 Å². The van der Waals surface area contributed by atoms with Crippen molar-refractivity contribution < 1.29 is 13.2 Å². The minimum atomic E-state index is -0.814. The summed E-state index contributed by atoms with van der Waals surface area (Å²) < 4.78 is 32.4. The van der Waals surface area contributed by atoms with Crippen molar-refractivity contribution in [2.75, 3.05) is 0 Å². The van der Waals surface area contributed by atoms with Crippen molar-refractivity contribution in [1.29, 1.82) is 0 Å². The molecule has 0 radical (unpaired) electrons. The zero-order chi connectivity index (χ0) is 12.6. The van der Waals surface area contributed by atoms with Crippen molar-refractivity contribution in [3.8, 4) is 0 Å². The number of rotatable bonds is 2. The van der Waals surface area contributed by atoms with Gasteiger partial charge in [0.05, 0.1) is 10.5 Å². The lowest BCUT2D eigenvalue weighted by molar-refractivity contribution is 0.457. The molecule has 0 fully saturated rings. The standard InChI is InChI=1S/C12H10BrF2NO/c1-6-2-3-11(17-6)12(16)7-4-10(15)8(13)5-9(7)14/h2-5,12H,16H2,1H3. The van der Waals surface area contributed by atoms with Crippen molar-refractivity contribution in [3.05, 3.63) is 57.5 Å². The minimum absolute atomic E-state index is 0.0695. The Kier molecular flexibility index (Phi) is 3.31. The molecule has 2 N–H and O–H groups in total. The third-order valence-electron chi connectivity index (χ3n) is 2.44. The summed E-state index contributed by atoms with van der Waals surface area (Å²) in [7, 11) is 0. The maximum Gasteiger partial charge on any atom is 0.137 e. The lowest BCUT2D eigenvalue weighted by Crippen LogP contribution is -2.13. The van der Waals surface area contributed by atoms with Crippen molar-refractivity contribution in [2.24, 2.45) is 5.73 Å². The normalized spacial score (nSPS) is 12.8. The summed E-state index contributed by atoms with van der Waals surface area (Å²) in [4.78, 5) is 0. The van der Waals surface area contributed by atoms with Crippen LogP contribution in [0, 0.1) is 18.6 Å². The first-order chi connectivity index (χ1) is 7.99. The first kappa shape index (κ1) is 12.3. The van der Waals surface area contributed by atoms with Crippen molar-refractivity contribution in [2.45, 2.75) is 13.0 Å². The Morgan fingerprint density at radius 1 is 1.24 bits per heavy atom. The number of hydrogen-bond acceptors (Lipinski definition) is 2. The number of halogens is 3. The van der Waals surface area contributed by atoms with Crippen LogP contribution in [0.2, 0.25) is 0 Å². The van der Waals surface area contributed by atoms with E-state index in [4.69, 9.17) is 10.2 Å². The molecule has 0 aliphatic rings. The lowest BCUT2D eigenvalue weighted by atomic mass is 10.0. The van der Waals surface area contributed by atoms with Gasteiger partial charge in [0.15, 0.2) is 0 Å². The van der Waals surface area contributed by atoms with Crippen LogP contribution < -0.4 is 5.73 Å². The smallest absolute Gasteiger partial charge is 0.137 e. The van der Waals surface area contributed by atoms with Gasteiger partial charge in [0.2, 0.25) is 0 Å². The molecule has 1 atom stereocenters. The van der Waals surface area contributed by atoms with Gasteiger partial charge in [0.1, 0.15) is 23.2 Å². The molecule has 2 rings (SSSR count). The van der Waals surface area contributed by atoms with E-state index in [0.29, 0.717) is 11.5 Å². The Hall–Kier alpha value is -1.20. The van der Waals surface area contributed by atoms with E-state index in [1.165, 1.54) is 0 Å². The SMILES string of the molecule is Cc1ccc(C(N)c2cc(F)c(Br)cc2F)o1. The molecule has 0 aliphatic carbocycles. The van der Waals surface area contributed by atoms with E-state index in [2.05, 4.69) is 15.9 Å². The van der Waals surface area contributed by atoms with Gasteiger partial charge >= 0.3 is 0 Å². The Morgan fingerprint density at radius 2 is 1.94 bits per heavy atom. The highest BCUT2D eigenvalue weighted by Crippen LogP contribution is 2.27. The third kappa shape index (κ3) is 2.40. The molecule has 0 saturated heterocycles. The predicted molar refractivity (Wildman–Crippen MR) is 63.5 cm³/mol. The average molecular weight is 302 g/mol. The first-order valence-corrected chi connectivity index (χ1v) is 5.74. The average Bonchev–Trinajstić information content (AvgIpc) is 2.69. The van der Waals surface area contributed by atoms with Crippen LogP contribution in [0.3, 0.4) is 0 Å². The summed E-state index contributed by atoms with van der Waals surface area (Å²) in [5.41, 5.74) is 5.90. The second-order valence-corrected chi connectivity index (χ2v) is 4.57. The van der Waals surface area contributed by atoms with Gasteiger partial charge in [-0.05, 0) is 47.1 Å². The van der Waals surface area contributed by atoms with Gasteiger partial charge < -0.3 is 10.2 Å². The maximum atomic E-state index is 13.7. The fourth-order valence-electron chi connectivity index (χ4n) is 1.55. The van der Waals surface area contributed by atoms with Crippen molar-refractivity contribution >= 4 is 15.9 Å². The summed E-state index contributed by atoms with van der Waals surface area (Å²) in [6.45, 7) is 1.76. The van der Waals surface area contributed by atoms with Crippen LogP contribution in [-0.2, 0) is 0 Å². The third-order valence-corrected chi connectivity index (χ3v) is 3.05. The second kappa shape index (κ2) is 4.58. The number of nitrogens with two attached hydrogens (primary N) is 1. The molecule has 0 spiro atoms. The Labute approximate surface area is 106 Å². The van der Waals surface area contributed by atoms with Crippen molar-refractivity contribution in [1.82, 2.24) is 0 Å². The minimum Gasteiger partial charge on any atom is -0.464 e. The molecule has 2 nitrogen and oxygen atoms in total. The van der Waals surface area contributed by atoms with E-state index in [9.17, 15) is 8.78 Å². The fourth-order valence-corrected chi connectivity index (χ4v) is 1.87. The molecule has 1 aromatic heterocycles. The molecule has 90 valence electrons. The van der Waals surface area contributed by atoms with E-state index < -0.39 is 17.7 Å². The van der Waals surface area contributed by atoms with Gasteiger partial charge in [-0.15, -0.1) is 0 Å². The molecule has 0 saturated carbocycles. The predicted octanol–water partition coefficient (Wildman–Crippen LogP) is 3.68. The van der Waals surface area contributed by atoms with Gasteiger partial charge in [-0.2, -0.15) is 0 Å². The number of hydrogen-bond donors (Lipinski definition) is 1. The molecule has 0 aliphatic heterocycles. The first-order valence-electron chi connectivity index (χ1n) is 4.95. The zero-order valence-electron chi connectivity index (χ0n) is 9.01. The van der Waals surface area contributed by atoms with E-state index in [1.54, 1.807) is 19.1 Å². The van der Waals surface area contributed by atoms with Crippen LogP contribution in [0.15, 0.2) is 33.2 Å². The highest BCUT2D eigenvalue weighted by molar-refractivity contribution is 9.10. The van der Waals surface area contributed by atoms with Crippen molar-refractivity contribution in [3.63, 3.8) is 0 Å². The van der Waals surface area contributed by atoms with Crippen LogP contribution >= 0.6 is 15.9 Å². The summed E-state index contributed by atoms with van der Waals surface area (Å²) in [5.74, 6) is -0.0449. The molecular formula is C12H10BrF2NO. The highest BCUT2D eigenvalue weighted by Gasteiger charge is 2.18. The number of aryl methyl sites for hydroxylation is 1. The molecule has 17 heavy (non-hydrogen) atoms. The molecule has 1 heterocycles. The Balaban J connectivity index is 2.43. The van der Waals surface area contributed by atoms with Gasteiger partial charge in [-0.1, -0.05) is 0 Å². The molecule has 2 aromatic rings. The van der Waals surface area contributed by atoms with Crippen LogP contribution in [0.25, 0.3) is 0 Å². The Bertz CT molecular complexity index is 553. The lowest BCUT2D eigenvalue weighted by Gasteiger charge is -2.11. The molecule has 1 aromatic carbocycles. The van der Waals surface area contributed by atoms with Gasteiger partial charge in [0, 0.05) is 5.56 Å². The second-order valence-electron chi connectivity index (χ2n) is 3.71. The van der Waals surface area contributed by atoms with Gasteiger partial charge in [0.25, 0.3) is 0 Å². The van der Waals surface area contributed by atoms with Gasteiger partial charge in [-0.25, -0.2) is 8.78 Å². The summed E-state index contributed by atoms with van der Waals surface area (Å²) >= 11 is 2.91. The molecule has 1 unspecified atom stereocenters. The van der Waals surface area contributed by atoms with E-state index >= 15 is 0 Å². The van der Waals surface area contributed by atoms with Gasteiger partial charge in [-0.3, -0.25) is 0 Å². The summed E-state index contributed by atoms with van der Waals surface area (Å²) in [6.07, 6.45) is 0. The van der Waals surface area contributed by atoms with Crippen LogP contribution in [0.1, 0.15) is 23.1 Å². The van der Waals surface area contributed by atoms with Crippen LogP contribution in [0.5, 0.6) is 0 Å². The number of benzene rings is 1.